The standard InChI is InChI=1S/C37H22N2/c1-2-9-28-27(8-1)31-12-5-11-30-26(18-19-32(28)37(30)31)23-14-16-25(17-15-23)39-35-13-4-3-10-29(35)33-21-24-7-6-20-38-34(24)22-36(33)39/h1-22H. The van der Waals surface area contributed by atoms with Crippen molar-refractivity contribution in [2.45, 2.75) is 0 Å². The minimum Gasteiger partial charge on any atom is -0.309 e. The van der Waals surface area contributed by atoms with Crippen molar-refractivity contribution in [3.8, 4) is 39.1 Å². The second-order valence-corrected chi connectivity index (χ2v) is 10.4. The highest BCUT2D eigenvalue weighted by Crippen LogP contribution is 2.49. The SMILES string of the molecule is c1ccc2c(c1)-c1cccc3c(-c4ccc(-n5c6ccccc6c6cc7cccnc7cc65)cc4)ccc-2c13. The van der Waals surface area contributed by atoms with Gasteiger partial charge in [0.2, 0.25) is 0 Å². The van der Waals surface area contributed by atoms with Crippen molar-refractivity contribution in [3.05, 3.63) is 134 Å². The Labute approximate surface area is 225 Å². The largest absolute Gasteiger partial charge is 0.309 e. The van der Waals surface area contributed by atoms with Crippen molar-refractivity contribution in [2.24, 2.45) is 0 Å². The topological polar surface area (TPSA) is 17.8 Å². The van der Waals surface area contributed by atoms with Gasteiger partial charge in [-0.15, -0.1) is 0 Å². The van der Waals surface area contributed by atoms with Gasteiger partial charge in [-0.05, 0) is 80.6 Å². The summed E-state index contributed by atoms with van der Waals surface area (Å²) in [6.45, 7) is 0. The van der Waals surface area contributed by atoms with Crippen LogP contribution in [0.5, 0.6) is 0 Å². The molecule has 1 aliphatic rings. The van der Waals surface area contributed by atoms with Crippen LogP contribution in [0.15, 0.2) is 134 Å². The Morgan fingerprint density at radius 1 is 0.462 bits per heavy atom. The smallest absolute Gasteiger partial charge is 0.0723 e. The highest BCUT2D eigenvalue weighted by atomic mass is 15.0. The fourth-order valence-corrected chi connectivity index (χ4v) is 6.66. The minimum absolute atomic E-state index is 1.01. The van der Waals surface area contributed by atoms with Gasteiger partial charge in [-0.25, -0.2) is 0 Å². The van der Waals surface area contributed by atoms with Gasteiger partial charge in [0, 0.05) is 28.0 Å². The van der Waals surface area contributed by atoms with Gasteiger partial charge in [-0.1, -0.05) is 91.0 Å². The zero-order valence-corrected chi connectivity index (χ0v) is 21.1. The van der Waals surface area contributed by atoms with E-state index in [-0.39, 0.29) is 0 Å². The molecule has 2 heterocycles. The Morgan fingerprint density at radius 2 is 1.18 bits per heavy atom. The molecule has 0 amide bonds. The van der Waals surface area contributed by atoms with Crippen LogP contribution in [0.1, 0.15) is 0 Å². The third-order valence-electron chi connectivity index (χ3n) is 8.38. The summed E-state index contributed by atoms with van der Waals surface area (Å²) in [5, 5.41) is 6.35. The molecule has 0 saturated carbocycles. The summed E-state index contributed by atoms with van der Waals surface area (Å²) in [4.78, 5) is 4.64. The van der Waals surface area contributed by atoms with Crippen LogP contribution in [0.3, 0.4) is 0 Å². The number of pyridine rings is 1. The molecule has 0 fully saturated rings. The van der Waals surface area contributed by atoms with E-state index in [1.54, 1.807) is 0 Å². The highest BCUT2D eigenvalue weighted by molar-refractivity contribution is 6.18. The lowest BCUT2D eigenvalue weighted by molar-refractivity contribution is 1.18. The number of para-hydroxylation sites is 1. The second-order valence-electron chi connectivity index (χ2n) is 10.4. The third-order valence-corrected chi connectivity index (χ3v) is 8.38. The van der Waals surface area contributed by atoms with E-state index < -0.39 is 0 Å². The number of hydrogen-bond acceptors (Lipinski definition) is 1. The first-order chi connectivity index (χ1) is 19.3. The van der Waals surface area contributed by atoms with Gasteiger partial charge in [0.25, 0.3) is 0 Å². The second kappa shape index (κ2) is 7.66. The quantitative estimate of drug-likeness (QED) is 0.234. The van der Waals surface area contributed by atoms with Crippen LogP contribution >= 0.6 is 0 Å². The molecule has 0 spiro atoms. The van der Waals surface area contributed by atoms with E-state index in [2.05, 4.69) is 131 Å². The Kier molecular flexibility index (Phi) is 4.08. The average Bonchev–Trinajstić information content (AvgIpc) is 3.50. The molecule has 0 saturated heterocycles. The monoisotopic (exact) mass is 494 g/mol. The summed E-state index contributed by atoms with van der Waals surface area (Å²) >= 11 is 0. The molecule has 1 aliphatic carbocycles. The molecule has 6 aromatic carbocycles. The Bertz CT molecular complexity index is 2240. The molecule has 0 radical (unpaired) electrons. The molecule has 2 heteroatoms. The summed E-state index contributed by atoms with van der Waals surface area (Å²) in [7, 11) is 0. The lowest BCUT2D eigenvalue weighted by atomic mass is 9.94. The van der Waals surface area contributed by atoms with Crippen molar-refractivity contribution < 1.29 is 0 Å². The minimum atomic E-state index is 1.01. The first-order valence-corrected chi connectivity index (χ1v) is 13.4. The van der Waals surface area contributed by atoms with Gasteiger partial charge < -0.3 is 4.57 Å². The molecule has 2 nitrogen and oxygen atoms in total. The summed E-state index contributed by atoms with van der Waals surface area (Å²) in [5.41, 5.74) is 12.4. The van der Waals surface area contributed by atoms with Crippen LogP contribution < -0.4 is 0 Å². The Morgan fingerprint density at radius 3 is 2.05 bits per heavy atom. The van der Waals surface area contributed by atoms with Gasteiger partial charge >= 0.3 is 0 Å². The lowest BCUT2D eigenvalue weighted by Gasteiger charge is -2.12. The van der Waals surface area contributed by atoms with Crippen LogP contribution in [0, 0.1) is 0 Å². The molecule has 39 heavy (non-hydrogen) atoms. The highest BCUT2D eigenvalue weighted by Gasteiger charge is 2.22. The van der Waals surface area contributed by atoms with Crippen molar-refractivity contribution in [3.63, 3.8) is 0 Å². The van der Waals surface area contributed by atoms with Crippen LogP contribution in [-0.4, -0.2) is 9.55 Å². The fourth-order valence-electron chi connectivity index (χ4n) is 6.66. The first-order valence-electron chi connectivity index (χ1n) is 13.4. The Balaban J connectivity index is 1.24. The third kappa shape index (κ3) is 2.83. The van der Waals surface area contributed by atoms with Gasteiger partial charge in [0.15, 0.2) is 0 Å². The van der Waals surface area contributed by atoms with Gasteiger partial charge in [0.1, 0.15) is 0 Å². The number of hydrogen-bond donors (Lipinski definition) is 0. The van der Waals surface area contributed by atoms with Crippen LogP contribution in [-0.2, 0) is 0 Å². The van der Waals surface area contributed by atoms with Crippen LogP contribution in [0.25, 0.3) is 82.5 Å². The molecule has 0 bridgehead atoms. The maximum atomic E-state index is 4.64. The van der Waals surface area contributed by atoms with Crippen molar-refractivity contribution >= 4 is 43.5 Å². The lowest BCUT2D eigenvalue weighted by Crippen LogP contribution is -1.94. The fraction of sp³-hybridized carbons (Fsp3) is 0. The van der Waals surface area contributed by atoms with E-state index in [0.717, 1.165) is 16.6 Å². The van der Waals surface area contributed by atoms with Gasteiger partial charge in [-0.2, -0.15) is 0 Å². The van der Waals surface area contributed by atoms with Crippen LogP contribution in [0.4, 0.5) is 0 Å². The summed E-state index contributed by atoms with van der Waals surface area (Å²) < 4.78 is 2.37. The van der Waals surface area contributed by atoms with E-state index in [1.165, 1.54) is 66.0 Å². The molecule has 8 aromatic rings. The predicted molar refractivity (Wildman–Crippen MR) is 163 cm³/mol. The van der Waals surface area contributed by atoms with E-state index in [9.17, 15) is 0 Å². The number of fused-ring (bicyclic) bond motifs is 7. The summed E-state index contributed by atoms with van der Waals surface area (Å²) in [5.74, 6) is 0. The molecule has 0 aliphatic heterocycles. The normalized spacial score (nSPS) is 12.1. The summed E-state index contributed by atoms with van der Waals surface area (Å²) in [6, 6.07) is 46.4. The van der Waals surface area contributed by atoms with Gasteiger partial charge in [-0.3, -0.25) is 4.98 Å². The molecule has 0 unspecified atom stereocenters. The number of aromatic nitrogens is 2. The van der Waals surface area contributed by atoms with E-state index in [0.29, 0.717) is 0 Å². The van der Waals surface area contributed by atoms with Crippen molar-refractivity contribution in [2.75, 3.05) is 0 Å². The van der Waals surface area contributed by atoms with E-state index >= 15 is 0 Å². The first kappa shape index (κ1) is 20.8. The average molecular weight is 495 g/mol. The molecule has 9 rings (SSSR count). The maximum absolute atomic E-state index is 4.64. The molecular weight excluding hydrogens is 472 g/mol. The van der Waals surface area contributed by atoms with Crippen molar-refractivity contribution in [1.29, 1.82) is 0 Å². The summed E-state index contributed by atoms with van der Waals surface area (Å²) in [6.07, 6.45) is 1.87. The zero-order chi connectivity index (χ0) is 25.5. The van der Waals surface area contributed by atoms with Crippen LogP contribution in [0.2, 0.25) is 0 Å². The van der Waals surface area contributed by atoms with E-state index in [1.807, 2.05) is 12.3 Å². The molecule has 2 aromatic heterocycles. The molecule has 180 valence electrons. The molecule has 0 N–H and O–H groups in total. The Hall–Kier alpha value is -5.21. The predicted octanol–water partition coefficient (Wildman–Crippen LogP) is 9.80. The maximum Gasteiger partial charge on any atom is 0.0723 e. The molecular formula is C37H22N2. The van der Waals surface area contributed by atoms with Gasteiger partial charge in [0.05, 0.1) is 16.6 Å². The molecule has 0 atom stereocenters. The number of rotatable bonds is 2. The van der Waals surface area contributed by atoms with Crippen molar-refractivity contribution in [1.82, 2.24) is 9.55 Å². The number of nitrogens with zero attached hydrogens (tertiary/aromatic N) is 2. The zero-order valence-electron chi connectivity index (χ0n) is 21.1. The van der Waals surface area contributed by atoms with E-state index in [4.69, 9.17) is 0 Å². The number of benzene rings is 6.